The highest BCUT2D eigenvalue weighted by Crippen LogP contribution is 2.43. The number of rotatable bonds is 1. The molecule has 1 amide bonds. The van der Waals surface area contributed by atoms with E-state index in [1.165, 1.54) is 12.0 Å². The summed E-state index contributed by atoms with van der Waals surface area (Å²) in [7, 11) is 0. The highest BCUT2D eigenvalue weighted by molar-refractivity contribution is 5.93. The average molecular weight is 286 g/mol. The van der Waals surface area contributed by atoms with E-state index < -0.39 is 0 Å². The van der Waals surface area contributed by atoms with Crippen LogP contribution in [-0.2, 0) is 16.0 Å². The van der Waals surface area contributed by atoms with E-state index in [0.717, 1.165) is 45.0 Å². The van der Waals surface area contributed by atoms with Gasteiger partial charge in [0.1, 0.15) is 0 Å². The Balaban J connectivity index is 1.62. The first-order valence-electron chi connectivity index (χ1n) is 7.85. The van der Waals surface area contributed by atoms with Crippen molar-refractivity contribution >= 4 is 11.6 Å². The standard InChI is InChI=1S/C17H22N2O2/c1-13(20)19-12-17(8-14-4-2-3-5-16(14)19)6-7-18(11-17)15-9-21-10-15/h2-5,15H,6-12H2,1H3. The lowest BCUT2D eigenvalue weighted by atomic mass is 9.77. The van der Waals surface area contributed by atoms with Crippen LogP contribution in [0.3, 0.4) is 0 Å². The molecule has 4 heteroatoms. The fraction of sp³-hybridized carbons (Fsp3) is 0.588. The molecule has 3 aliphatic heterocycles. The highest BCUT2D eigenvalue weighted by Gasteiger charge is 2.46. The molecule has 2 saturated heterocycles. The van der Waals surface area contributed by atoms with Crippen LogP contribution in [0.4, 0.5) is 5.69 Å². The van der Waals surface area contributed by atoms with Crippen LogP contribution in [0.25, 0.3) is 0 Å². The number of benzene rings is 1. The number of para-hydroxylation sites is 1. The van der Waals surface area contributed by atoms with Crippen LogP contribution in [0, 0.1) is 5.41 Å². The van der Waals surface area contributed by atoms with E-state index in [4.69, 9.17) is 4.74 Å². The topological polar surface area (TPSA) is 32.8 Å². The molecule has 3 heterocycles. The second-order valence-electron chi connectivity index (χ2n) is 6.82. The molecule has 0 aliphatic carbocycles. The number of likely N-dealkylation sites (tertiary alicyclic amines) is 1. The van der Waals surface area contributed by atoms with Crippen LogP contribution in [0.15, 0.2) is 24.3 Å². The molecule has 1 aromatic carbocycles. The zero-order valence-electron chi connectivity index (χ0n) is 12.5. The van der Waals surface area contributed by atoms with Gasteiger partial charge in [-0.2, -0.15) is 0 Å². The third kappa shape index (κ3) is 2.17. The van der Waals surface area contributed by atoms with Crippen molar-refractivity contribution in [3.05, 3.63) is 29.8 Å². The molecule has 0 radical (unpaired) electrons. The summed E-state index contributed by atoms with van der Waals surface area (Å²) in [6.45, 7) is 6.54. The van der Waals surface area contributed by atoms with Crippen molar-refractivity contribution in [1.29, 1.82) is 0 Å². The third-order valence-electron chi connectivity index (χ3n) is 5.33. The number of hydrogen-bond donors (Lipinski definition) is 0. The summed E-state index contributed by atoms with van der Waals surface area (Å²) in [6.07, 6.45) is 2.28. The molecule has 0 aromatic heterocycles. The Kier molecular flexibility index (Phi) is 3.05. The summed E-state index contributed by atoms with van der Waals surface area (Å²) in [5, 5.41) is 0. The molecule has 0 saturated carbocycles. The minimum absolute atomic E-state index is 0.159. The molecule has 21 heavy (non-hydrogen) atoms. The number of carbonyl (C=O) groups is 1. The van der Waals surface area contributed by atoms with Gasteiger partial charge in [-0.3, -0.25) is 9.69 Å². The quantitative estimate of drug-likeness (QED) is 0.787. The van der Waals surface area contributed by atoms with Crippen LogP contribution in [0.5, 0.6) is 0 Å². The Morgan fingerprint density at radius 1 is 1.29 bits per heavy atom. The van der Waals surface area contributed by atoms with Gasteiger partial charge < -0.3 is 9.64 Å². The fourth-order valence-electron chi connectivity index (χ4n) is 4.07. The van der Waals surface area contributed by atoms with Crippen molar-refractivity contribution in [2.45, 2.75) is 25.8 Å². The number of anilines is 1. The van der Waals surface area contributed by atoms with Crippen LogP contribution < -0.4 is 4.90 Å². The van der Waals surface area contributed by atoms with Gasteiger partial charge in [-0.1, -0.05) is 18.2 Å². The smallest absolute Gasteiger partial charge is 0.223 e. The lowest BCUT2D eigenvalue weighted by molar-refractivity contribution is -0.117. The molecule has 1 unspecified atom stereocenters. The molecule has 0 N–H and O–H groups in total. The van der Waals surface area contributed by atoms with Crippen molar-refractivity contribution in [1.82, 2.24) is 4.90 Å². The summed E-state index contributed by atoms with van der Waals surface area (Å²) in [6, 6.07) is 8.98. The van der Waals surface area contributed by atoms with E-state index in [2.05, 4.69) is 23.1 Å². The first-order valence-corrected chi connectivity index (χ1v) is 7.85. The van der Waals surface area contributed by atoms with Gasteiger partial charge in [0.25, 0.3) is 0 Å². The van der Waals surface area contributed by atoms with Gasteiger partial charge in [-0.15, -0.1) is 0 Å². The van der Waals surface area contributed by atoms with Gasteiger partial charge in [0.15, 0.2) is 0 Å². The van der Waals surface area contributed by atoms with Gasteiger partial charge in [0, 0.05) is 31.1 Å². The zero-order valence-corrected chi connectivity index (χ0v) is 12.5. The van der Waals surface area contributed by atoms with Gasteiger partial charge in [0.2, 0.25) is 5.91 Å². The average Bonchev–Trinajstić information content (AvgIpc) is 2.79. The SMILES string of the molecule is CC(=O)N1CC2(CCN(C3COC3)C2)Cc2ccccc21. The summed E-state index contributed by atoms with van der Waals surface area (Å²) in [4.78, 5) is 16.6. The second-order valence-corrected chi connectivity index (χ2v) is 6.82. The molecular formula is C17H22N2O2. The van der Waals surface area contributed by atoms with Crippen molar-refractivity contribution in [3.63, 3.8) is 0 Å². The Morgan fingerprint density at radius 3 is 2.81 bits per heavy atom. The first kappa shape index (κ1) is 13.3. The molecule has 1 atom stereocenters. The predicted molar refractivity (Wildman–Crippen MR) is 81.4 cm³/mol. The van der Waals surface area contributed by atoms with E-state index in [1.807, 2.05) is 11.0 Å². The van der Waals surface area contributed by atoms with E-state index in [-0.39, 0.29) is 11.3 Å². The number of nitrogens with zero attached hydrogens (tertiary/aromatic N) is 2. The summed E-state index contributed by atoms with van der Waals surface area (Å²) in [5.74, 6) is 0.159. The number of fused-ring (bicyclic) bond motifs is 1. The molecule has 3 aliphatic rings. The number of amides is 1. The molecule has 0 bridgehead atoms. The van der Waals surface area contributed by atoms with Crippen molar-refractivity contribution < 1.29 is 9.53 Å². The monoisotopic (exact) mass is 286 g/mol. The van der Waals surface area contributed by atoms with E-state index >= 15 is 0 Å². The largest absolute Gasteiger partial charge is 0.378 e. The normalized spacial score (nSPS) is 29.5. The van der Waals surface area contributed by atoms with Gasteiger partial charge in [-0.05, 0) is 31.0 Å². The number of hydrogen-bond acceptors (Lipinski definition) is 3. The van der Waals surface area contributed by atoms with Crippen molar-refractivity contribution in [2.24, 2.45) is 5.41 Å². The molecule has 1 aromatic rings. The Hall–Kier alpha value is -1.39. The molecule has 2 fully saturated rings. The summed E-state index contributed by atoms with van der Waals surface area (Å²) < 4.78 is 5.33. The minimum Gasteiger partial charge on any atom is -0.378 e. The number of ether oxygens (including phenoxy) is 1. The molecular weight excluding hydrogens is 264 g/mol. The van der Waals surface area contributed by atoms with E-state index in [9.17, 15) is 4.79 Å². The Bertz CT molecular complexity index is 570. The number of carbonyl (C=O) groups excluding carboxylic acids is 1. The van der Waals surface area contributed by atoms with Crippen LogP contribution >= 0.6 is 0 Å². The Labute approximate surface area is 125 Å². The highest BCUT2D eigenvalue weighted by atomic mass is 16.5. The van der Waals surface area contributed by atoms with Crippen molar-refractivity contribution in [2.75, 3.05) is 37.7 Å². The van der Waals surface area contributed by atoms with Gasteiger partial charge in [-0.25, -0.2) is 0 Å². The van der Waals surface area contributed by atoms with Crippen LogP contribution in [-0.4, -0.2) is 49.7 Å². The lowest BCUT2D eigenvalue weighted by Crippen LogP contribution is -2.51. The maximum atomic E-state index is 12.1. The second kappa shape index (κ2) is 4.82. The van der Waals surface area contributed by atoms with E-state index in [1.54, 1.807) is 6.92 Å². The Morgan fingerprint density at radius 2 is 2.10 bits per heavy atom. The fourth-order valence-corrected chi connectivity index (χ4v) is 4.07. The predicted octanol–water partition coefficient (Wildman–Crippen LogP) is 1.69. The first-order chi connectivity index (χ1) is 10.2. The van der Waals surface area contributed by atoms with E-state index in [0.29, 0.717) is 6.04 Å². The van der Waals surface area contributed by atoms with Crippen molar-refractivity contribution in [3.8, 4) is 0 Å². The third-order valence-corrected chi connectivity index (χ3v) is 5.33. The van der Waals surface area contributed by atoms with Crippen LogP contribution in [0.1, 0.15) is 18.9 Å². The minimum atomic E-state index is 0.159. The molecule has 4 rings (SSSR count). The maximum absolute atomic E-state index is 12.1. The lowest BCUT2D eigenvalue weighted by Gasteiger charge is -2.42. The van der Waals surface area contributed by atoms with Gasteiger partial charge >= 0.3 is 0 Å². The molecule has 1 spiro atoms. The van der Waals surface area contributed by atoms with Crippen LogP contribution in [0.2, 0.25) is 0 Å². The molecule has 112 valence electrons. The van der Waals surface area contributed by atoms with Gasteiger partial charge in [0.05, 0.1) is 19.3 Å². The summed E-state index contributed by atoms with van der Waals surface area (Å²) in [5.41, 5.74) is 2.67. The summed E-state index contributed by atoms with van der Waals surface area (Å²) >= 11 is 0. The molecule has 4 nitrogen and oxygen atoms in total. The zero-order chi connectivity index (χ0) is 14.4. The maximum Gasteiger partial charge on any atom is 0.223 e.